The maximum atomic E-state index is 13.0. The number of fused-ring (bicyclic) bond motifs is 2. The van der Waals surface area contributed by atoms with E-state index in [2.05, 4.69) is 42.7 Å². The van der Waals surface area contributed by atoms with Crippen molar-refractivity contribution in [2.45, 2.75) is 83.8 Å². The molecule has 0 aliphatic carbocycles. The number of benzene rings is 1. The second kappa shape index (κ2) is 9.86. The first-order valence-corrected chi connectivity index (χ1v) is 14.3. The Hall–Kier alpha value is -3.04. The average molecular weight is 536 g/mol. The van der Waals surface area contributed by atoms with Gasteiger partial charge in [-0.1, -0.05) is 6.07 Å². The van der Waals surface area contributed by atoms with Gasteiger partial charge in [0.2, 0.25) is 0 Å². The molecule has 4 atom stereocenters. The molecule has 0 amide bonds. The zero-order valence-electron chi connectivity index (χ0n) is 24.0. The molecule has 1 aromatic carbocycles. The van der Waals surface area contributed by atoms with Crippen LogP contribution in [0.25, 0.3) is 11.0 Å². The van der Waals surface area contributed by atoms with Crippen LogP contribution in [0.3, 0.4) is 0 Å². The molecule has 2 unspecified atom stereocenters. The molecule has 2 saturated heterocycles. The van der Waals surface area contributed by atoms with Gasteiger partial charge < -0.3 is 23.7 Å². The normalized spacial score (nSPS) is 26.1. The fourth-order valence-corrected chi connectivity index (χ4v) is 6.29. The van der Waals surface area contributed by atoms with E-state index in [1.807, 2.05) is 37.8 Å². The van der Waals surface area contributed by atoms with Crippen molar-refractivity contribution in [2.75, 3.05) is 31.2 Å². The van der Waals surface area contributed by atoms with Gasteiger partial charge in [0.1, 0.15) is 24.0 Å². The van der Waals surface area contributed by atoms with Crippen molar-refractivity contribution in [3.63, 3.8) is 0 Å². The Balaban J connectivity index is 1.27. The Kier molecular flexibility index (Phi) is 6.62. The first kappa shape index (κ1) is 26.2. The molecule has 3 aliphatic heterocycles. The lowest BCUT2D eigenvalue weighted by atomic mass is 9.99. The summed E-state index contributed by atoms with van der Waals surface area (Å²) in [4.78, 5) is 17.9. The molecule has 3 aliphatic rings. The molecule has 0 spiro atoms. The molecule has 210 valence electrons. The maximum absolute atomic E-state index is 13.0. The van der Waals surface area contributed by atoms with Crippen LogP contribution in [-0.2, 0) is 11.8 Å². The van der Waals surface area contributed by atoms with E-state index >= 15 is 0 Å². The van der Waals surface area contributed by atoms with Crippen molar-refractivity contribution in [1.29, 1.82) is 0 Å². The number of nitrogens with zero attached hydrogens (tertiary/aromatic N) is 5. The van der Waals surface area contributed by atoms with Crippen LogP contribution >= 0.6 is 0 Å². The van der Waals surface area contributed by atoms with E-state index < -0.39 is 0 Å². The van der Waals surface area contributed by atoms with Gasteiger partial charge in [0.25, 0.3) is 5.56 Å². The zero-order chi connectivity index (χ0) is 27.5. The van der Waals surface area contributed by atoms with Crippen molar-refractivity contribution in [3.05, 3.63) is 46.4 Å². The van der Waals surface area contributed by atoms with E-state index in [4.69, 9.17) is 19.3 Å². The van der Waals surface area contributed by atoms with Crippen LogP contribution in [0.5, 0.6) is 11.5 Å². The fourth-order valence-electron chi connectivity index (χ4n) is 6.29. The van der Waals surface area contributed by atoms with Crippen LogP contribution < -0.4 is 19.9 Å². The first-order valence-electron chi connectivity index (χ1n) is 14.3. The minimum absolute atomic E-state index is 0.0172. The number of aromatic nitrogens is 3. The lowest BCUT2D eigenvalue weighted by Crippen LogP contribution is -2.57. The third-order valence-electron chi connectivity index (χ3n) is 8.61. The summed E-state index contributed by atoms with van der Waals surface area (Å²) in [7, 11) is 1.82. The SMILES string of the molecule is CC(c1ccc2c(c1)OC(C)(C)CO2)N1C[C@H](C)N(c2cc(=O)n(C)c3cn(C4CCCCO4)nc23)C[C@H]1C. The highest BCUT2D eigenvalue weighted by Crippen LogP contribution is 2.39. The summed E-state index contributed by atoms with van der Waals surface area (Å²) in [6.45, 7) is 13.8. The van der Waals surface area contributed by atoms with Crippen LogP contribution in [-0.4, -0.2) is 63.2 Å². The third-order valence-corrected chi connectivity index (χ3v) is 8.61. The van der Waals surface area contributed by atoms with Gasteiger partial charge in [-0.15, -0.1) is 0 Å². The third kappa shape index (κ3) is 4.80. The monoisotopic (exact) mass is 535 g/mol. The Morgan fingerprint density at radius 1 is 1.08 bits per heavy atom. The molecule has 0 radical (unpaired) electrons. The number of pyridine rings is 1. The van der Waals surface area contributed by atoms with Gasteiger partial charge in [-0.3, -0.25) is 9.69 Å². The minimum Gasteiger partial charge on any atom is -0.486 e. The predicted molar refractivity (Wildman–Crippen MR) is 152 cm³/mol. The topological polar surface area (TPSA) is 74.0 Å². The largest absolute Gasteiger partial charge is 0.486 e. The molecule has 3 aromatic rings. The molecule has 0 N–H and O–H groups in total. The van der Waals surface area contributed by atoms with Gasteiger partial charge in [0.15, 0.2) is 11.5 Å². The number of anilines is 1. The van der Waals surface area contributed by atoms with Crippen molar-refractivity contribution in [1.82, 2.24) is 19.2 Å². The van der Waals surface area contributed by atoms with Gasteiger partial charge in [-0.2, -0.15) is 5.10 Å². The molecule has 6 rings (SSSR count). The zero-order valence-corrected chi connectivity index (χ0v) is 24.0. The molecule has 9 nitrogen and oxygen atoms in total. The summed E-state index contributed by atoms with van der Waals surface area (Å²) >= 11 is 0. The van der Waals surface area contributed by atoms with E-state index in [9.17, 15) is 4.79 Å². The van der Waals surface area contributed by atoms with E-state index in [-0.39, 0.29) is 35.5 Å². The lowest BCUT2D eigenvalue weighted by Gasteiger charge is -2.47. The first-order chi connectivity index (χ1) is 18.6. The minimum atomic E-state index is -0.337. The number of piperazine rings is 1. The molecule has 0 saturated carbocycles. The van der Waals surface area contributed by atoms with Crippen LogP contribution in [0.1, 0.15) is 71.7 Å². The Bertz CT molecular complexity index is 1420. The molecule has 2 fully saturated rings. The van der Waals surface area contributed by atoms with Gasteiger partial charge in [-0.05, 0) is 71.6 Å². The van der Waals surface area contributed by atoms with Crippen LogP contribution in [0.15, 0.2) is 35.3 Å². The van der Waals surface area contributed by atoms with Crippen molar-refractivity contribution < 1.29 is 14.2 Å². The molecular formula is C30H41N5O4. The Morgan fingerprint density at radius 2 is 1.90 bits per heavy atom. The maximum Gasteiger partial charge on any atom is 0.252 e. The van der Waals surface area contributed by atoms with Gasteiger partial charge in [-0.25, -0.2) is 4.68 Å². The summed E-state index contributed by atoms with van der Waals surface area (Å²) < 4.78 is 21.8. The van der Waals surface area contributed by atoms with Crippen molar-refractivity contribution >= 4 is 16.7 Å². The molecule has 9 heteroatoms. The molecule has 2 aromatic heterocycles. The second-order valence-electron chi connectivity index (χ2n) is 12.2. The highest BCUT2D eigenvalue weighted by molar-refractivity contribution is 5.88. The molecule has 5 heterocycles. The smallest absolute Gasteiger partial charge is 0.252 e. The van der Waals surface area contributed by atoms with E-state index in [1.54, 1.807) is 10.6 Å². The summed E-state index contributed by atoms with van der Waals surface area (Å²) in [5.74, 6) is 1.62. The van der Waals surface area contributed by atoms with Crippen LogP contribution in [0.2, 0.25) is 0 Å². The fraction of sp³-hybridized carbons (Fsp3) is 0.600. The average Bonchev–Trinajstić information content (AvgIpc) is 3.37. The Morgan fingerprint density at radius 3 is 2.67 bits per heavy atom. The quantitative estimate of drug-likeness (QED) is 0.482. The standard InChI is InChI=1S/C30H41N5O4/c1-19-16-34(23-14-27(36)32(6)24-17-35(31-29(23)24)28-9-7-8-12-37-28)20(2)15-33(19)21(3)22-10-11-25-26(13-22)39-30(4,5)18-38-25/h10-11,13-14,17,19-21,28H,7-9,12,15-16,18H2,1-6H3/t19-,20+,21?,28?/m1/s1. The highest BCUT2D eigenvalue weighted by Gasteiger charge is 2.35. The van der Waals surface area contributed by atoms with E-state index in [1.165, 1.54) is 5.56 Å². The van der Waals surface area contributed by atoms with Gasteiger partial charge in [0.05, 0.1) is 17.4 Å². The summed E-state index contributed by atoms with van der Waals surface area (Å²) in [6.07, 6.45) is 5.07. The molecule has 39 heavy (non-hydrogen) atoms. The van der Waals surface area contributed by atoms with Crippen LogP contribution in [0.4, 0.5) is 5.69 Å². The Labute approximate surface area is 230 Å². The van der Waals surface area contributed by atoms with Gasteiger partial charge in [0, 0.05) is 50.9 Å². The number of rotatable bonds is 4. The predicted octanol–water partition coefficient (Wildman–Crippen LogP) is 4.64. The number of hydrogen-bond donors (Lipinski definition) is 0. The lowest BCUT2D eigenvalue weighted by molar-refractivity contribution is -0.0390. The summed E-state index contributed by atoms with van der Waals surface area (Å²) in [5, 5.41) is 4.98. The molecular weight excluding hydrogens is 494 g/mol. The summed E-state index contributed by atoms with van der Waals surface area (Å²) in [5.41, 5.74) is 3.48. The van der Waals surface area contributed by atoms with Gasteiger partial charge >= 0.3 is 0 Å². The van der Waals surface area contributed by atoms with Crippen molar-refractivity contribution in [3.8, 4) is 11.5 Å². The van der Waals surface area contributed by atoms with Crippen molar-refractivity contribution in [2.24, 2.45) is 7.05 Å². The van der Waals surface area contributed by atoms with Crippen LogP contribution in [0, 0.1) is 0 Å². The molecule has 0 bridgehead atoms. The number of hydrogen-bond acceptors (Lipinski definition) is 7. The highest BCUT2D eigenvalue weighted by atomic mass is 16.6. The number of ether oxygens (including phenoxy) is 3. The van der Waals surface area contributed by atoms with E-state index in [0.717, 1.165) is 67.2 Å². The number of aryl methyl sites for hydroxylation is 1. The van der Waals surface area contributed by atoms with E-state index in [0.29, 0.717) is 6.61 Å². The summed E-state index contributed by atoms with van der Waals surface area (Å²) in [6, 6.07) is 8.74. The second-order valence-corrected chi connectivity index (χ2v) is 12.2.